The highest BCUT2D eigenvalue weighted by Crippen LogP contribution is 2.29. The van der Waals surface area contributed by atoms with E-state index in [4.69, 9.17) is 14.2 Å². The van der Waals surface area contributed by atoms with E-state index in [1.807, 2.05) is 18.3 Å². The molecule has 0 aromatic carbocycles. The minimum atomic E-state index is -0.129. The second kappa shape index (κ2) is 8.30. The quantitative estimate of drug-likeness (QED) is 0.508. The summed E-state index contributed by atoms with van der Waals surface area (Å²) in [4.78, 5) is 23.7. The molecule has 4 aromatic rings. The van der Waals surface area contributed by atoms with Gasteiger partial charge in [-0.25, -0.2) is 4.98 Å². The average molecular weight is 379 g/mol. The number of halogens is 1. The van der Waals surface area contributed by atoms with Crippen molar-refractivity contribution in [3.63, 3.8) is 0 Å². The first-order valence-electron chi connectivity index (χ1n) is 7.46. The van der Waals surface area contributed by atoms with Crippen LogP contribution in [-0.4, -0.2) is 41.3 Å². The van der Waals surface area contributed by atoms with Gasteiger partial charge in [-0.2, -0.15) is 0 Å². The van der Waals surface area contributed by atoms with Crippen LogP contribution < -0.4 is 19.8 Å². The van der Waals surface area contributed by atoms with Gasteiger partial charge in [0, 0.05) is 29.4 Å². The summed E-state index contributed by atoms with van der Waals surface area (Å²) in [6, 6.07) is 3.74. The number of methoxy groups -OCH3 is 3. The maximum Gasteiger partial charge on any atom is 0.272 e. The number of H-pyrrole nitrogens is 3. The molecule has 8 nitrogen and oxygen atoms in total. The highest BCUT2D eigenvalue weighted by Gasteiger charge is 2.08. The summed E-state index contributed by atoms with van der Waals surface area (Å²) in [5.41, 5.74) is 1.28. The Morgan fingerprint density at radius 1 is 0.846 bits per heavy atom. The fourth-order valence-electron chi connectivity index (χ4n) is 2.53. The Morgan fingerprint density at radius 2 is 1.46 bits per heavy atom. The summed E-state index contributed by atoms with van der Waals surface area (Å²) >= 11 is 0. The smallest absolute Gasteiger partial charge is 0.272 e. The van der Waals surface area contributed by atoms with Crippen LogP contribution in [0.5, 0.6) is 17.4 Å². The summed E-state index contributed by atoms with van der Waals surface area (Å²) < 4.78 is 15.3. The molecule has 0 bridgehead atoms. The first-order chi connectivity index (χ1) is 12.2. The molecule has 0 atom stereocenters. The molecule has 0 aliphatic heterocycles. The maximum atomic E-state index is 11.2. The zero-order valence-electron chi connectivity index (χ0n) is 14.5. The number of hydrogen-bond acceptors (Lipinski definition) is 5. The van der Waals surface area contributed by atoms with Gasteiger partial charge in [0.1, 0.15) is 22.5 Å². The molecule has 26 heavy (non-hydrogen) atoms. The van der Waals surface area contributed by atoms with E-state index in [1.54, 1.807) is 39.9 Å². The van der Waals surface area contributed by atoms with Crippen LogP contribution in [0.15, 0.2) is 41.7 Å². The first-order valence-corrected chi connectivity index (χ1v) is 7.46. The fourth-order valence-corrected chi connectivity index (χ4v) is 2.53. The van der Waals surface area contributed by atoms with Crippen LogP contribution in [0.1, 0.15) is 0 Å². The van der Waals surface area contributed by atoms with E-state index < -0.39 is 0 Å². The molecule has 0 unspecified atom stereocenters. The molecule has 0 aliphatic carbocycles. The van der Waals surface area contributed by atoms with Gasteiger partial charge in [0.05, 0.1) is 27.5 Å². The van der Waals surface area contributed by atoms with Gasteiger partial charge in [0.25, 0.3) is 5.56 Å². The predicted molar refractivity (Wildman–Crippen MR) is 102 cm³/mol. The first kappa shape index (κ1) is 19.2. The molecule has 4 aromatic heterocycles. The number of nitrogens with zero attached hydrogens (tertiary/aromatic N) is 1. The van der Waals surface area contributed by atoms with Crippen molar-refractivity contribution in [2.45, 2.75) is 0 Å². The Hall–Kier alpha value is -3.13. The molecular formula is C17H19ClN4O4. The van der Waals surface area contributed by atoms with E-state index in [0.717, 1.165) is 22.0 Å². The van der Waals surface area contributed by atoms with Crippen LogP contribution in [-0.2, 0) is 0 Å². The van der Waals surface area contributed by atoms with Gasteiger partial charge in [0.2, 0.25) is 5.88 Å². The minimum absolute atomic E-state index is 0. The Morgan fingerprint density at radius 3 is 2.08 bits per heavy atom. The molecule has 0 amide bonds. The molecule has 138 valence electrons. The standard InChI is InChI=1S/C9H10N2O2.C8H8N2O2.ClH/c1-12-7-5-11-9(13-2)8-6(7)3-4-10-8;1-12-6-4-10-8(11)7-5(6)2-3-9-7;/h3-5,10H,1-2H3;2-4,9H,1H3,(H,10,11);1H. The molecule has 0 radical (unpaired) electrons. The SMILES string of the molecule is COc1c[nH]c(=O)c2[nH]ccc12.COc1cnc(OC)c2[nH]ccc12.Cl. The van der Waals surface area contributed by atoms with E-state index in [0.29, 0.717) is 17.1 Å². The minimum Gasteiger partial charge on any atom is -0.495 e. The van der Waals surface area contributed by atoms with E-state index in [-0.39, 0.29) is 18.0 Å². The second-order valence-corrected chi connectivity index (χ2v) is 5.05. The van der Waals surface area contributed by atoms with Crippen molar-refractivity contribution >= 4 is 34.2 Å². The highest BCUT2D eigenvalue weighted by atomic mass is 35.5. The van der Waals surface area contributed by atoms with Crippen molar-refractivity contribution in [1.29, 1.82) is 0 Å². The van der Waals surface area contributed by atoms with Gasteiger partial charge in [-0.1, -0.05) is 0 Å². The van der Waals surface area contributed by atoms with Gasteiger partial charge in [-0.3, -0.25) is 4.79 Å². The van der Waals surface area contributed by atoms with E-state index >= 15 is 0 Å². The molecular weight excluding hydrogens is 360 g/mol. The molecule has 0 saturated carbocycles. The van der Waals surface area contributed by atoms with Crippen molar-refractivity contribution in [1.82, 2.24) is 19.9 Å². The Balaban J connectivity index is 0.000000180. The molecule has 0 spiro atoms. The fraction of sp³-hybridized carbons (Fsp3) is 0.176. The average Bonchev–Trinajstić information content (AvgIpc) is 3.32. The molecule has 4 heterocycles. The van der Waals surface area contributed by atoms with Crippen LogP contribution in [0.4, 0.5) is 0 Å². The van der Waals surface area contributed by atoms with Crippen LogP contribution in [0.3, 0.4) is 0 Å². The predicted octanol–water partition coefficient (Wildman–Crippen LogP) is 2.87. The zero-order chi connectivity index (χ0) is 17.8. The van der Waals surface area contributed by atoms with Gasteiger partial charge in [-0.15, -0.1) is 12.4 Å². The zero-order valence-corrected chi connectivity index (χ0v) is 15.3. The third-order valence-electron chi connectivity index (χ3n) is 3.73. The van der Waals surface area contributed by atoms with Crippen LogP contribution in [0.2, 0.25) is 0 Å². The summed E-state index contributed by atoms with van der Waals surface area (Å²) in [5.74, 6) is 2.00. The number of ether oxygens (including phenoxy) is 3. The summed E-state index contributed by atoms with van der Waals surface area (Å²) in [7, 11) is 4.78. The normalized spacial score (nSPS) is 9.96. The lowest BCUT2D eigenvalue weighted by Gasteiger charge is -2.03. The number of fused-ring (bicyclic) bond motifs is 2. The lowest BCUT2D eigenvalue weighted by atomic mass is 10.3. The molecule has 9 heteroatoms. The van der Waals surface area contributed by atoms with E-state index in [1.165, 1.54) is 0 Å². The van der Waals surface area contributed by atoms with E-state index in [9.17, 15) is 4.79 Å². The van der Waals surface area contributed by atoms with Crippen LogP contribution in [0, 0.1) is 0 Å². The Bertz CT molecular complexity index is 1020. The van der Waals surface area contributed by atoms with Crippen LogP contribution in [0.25, 0.3) is 21.8 Å². The second-order valence-electron chi connectivity index (χ2n) is 5.05. The monoisotopic (exact) mass is 378 g/mol. The van der Waals surface area contributed by atoms with Crippen LogP contribution >= 0.6 is 12.4 Å². The van der Waals surface area contributed by atoms with Crippen molar-refractivity contribution in [3.8, 4) is 17.4 Å². The Labute approximate surface area is 154 Å². The number of aromatic nitrogens is 4. The number of aromatic amines is 3. The van der Waals surface area contributed by atoms with Crippen molar-refractivity contribution in [2.75, 3.05) is 21.3 Å². The topological polar surface area (TPSA) is 105 Å². The number of nitrogens with one attached hydrogen (secondary N) is 3. The van der Waals surface area contributed by atoms with Gasteiger partial charge in [0.15, 0.2) is 0 Å². The van der Waals surface area contributed by atoms with Gasteiger partial charge in [-0.05, 0) is 12.1 Å². The molecule has 0 fully saturated rings. The number of rotatable bonds is 3. The number of hydrogen-bond donors (Lipinski definition) is 3. The van der Waals surface area contributed by atoms with Crippen molar-refractivity contribution in [3.05, 3.63) is 47.3 Å². The van der Waals surface area contributed by atoms with E-state index in [2.05, 4.69) is 19.9 Å². The summed E-state index contributed by atoms with van der Waals surface area (Å²) in [5, 5.41) is 1.79. The lowest BCUT2D eigenvalue weighted by Crippen LogP contribution is -2.05. The molecule has 4 rings (SSSR count). The molecule has 0 saturated heterocycles. The lowest BCUT2D eigenvalue weighted by molar-refractivity contribution is 0.394. The number of pyridine rings is 2. The summed E-state index contributed by atoms with van der Waals surface area (Å²) in [6.45, 7) is 0. The maximum absolute atomic E-state index is 11.2. The highest BCUT2D eigenvalue weighted by molar-refractivity contribution is 5.89. The molecule has 0 aliphatic rings. The van der Waals surface area contributed by atoms with Gasteiger partial charge >= 0.3 is 0 Å². The third kappa shape index (κ3) is 3.45. The third-order valence-corrected chi connectivity index (χ3v) is 3.73. The van der Waals surface area contributed by atoms with Crippen molar-refractivity contribution < 1.29 is 14.2 Å². The Kier molecular flexibility index (Phi) is 6.13. The van der Waals surface area contributed by atoms with Gasteiger partial charge < -0.3 is 29.2 Å². The summed E-state index contributed by atoms with van der Waals surface area (Å²) in [6.07, 6.45) is 6.74. The van der Waals surface area contributed by atoms with Crippen molar-refractivity contribution in [2.24, 2.45) is 0 Å². The molecule has 3 N–H and O–H groups in total. The largest absolute Gasteiger partial charge is 0.495 e.